The fourth-order valence-electron chi connectivity index (χ4n) is 1.32. The number of nitriles is 1. The highest BCUT2D eigenvalue weighted by molar-refractivity contribution is 6.30. The lowest BCUT2D eigenvalue weighted by atomic mass is 10.1. The van der Waals surface area contributed by atoms with E-state index in [-0.39, 0.29) is 25.0 Å². The van der Waals surface area contributed by atoms with Gasteiger partial charge in [0.15, 0.2) is 0 Å². The number of carbonyl (C=O) groups is 1. The molecule has 17 heavy (non-hydrogen) atoms. The van der Waals surface area contributed by atoms with E-state index in [1.807, 2.05) is 37.3 Å². The molecule has 0 aliphatic rings. The number of nitrogens with one attached hydrogen (secondary N) is 2. The largest absolute Gasteiger partial charge is 0.342 e. The van der Waals surface area contributed by atoms with E-state index in [4.69, 9.17) is 16.9 Å². The predicted molar refractivity (Wildman–Crippen MR) is 66.5 cm³/mol. The standard InChI is InChI=1S/C12H14ClN3O/c1-9(10-2-4-11(13)5-3-10)16-8-12(17)15-7-6-14/h2-5,9,16H,7-8H2,1H3,(H,15,17)/t9-/m1/s1. The topological polar surface area (TPSA) is 64.9 Å². The SMILES string of the molecule is C[C@@H](NCC(=O)NCC#N)c1ccc(Cl)cc1. The highest BCUT2D eigenvalue weighted by Gasteiger charge is 2.06. The van der Waals surface area contributed by atoms with Crippen molar-refractivity contribution >= 4 is 17.5 Å². The van der Waals surface area contributed by atoms with E-state index >= 15 is 0 Å². The zero-order valence-electron chi connectivity index (χ0n) is 9.53. The third kappa shape index (κ3) is 4.85. The lowest BCUT2D eigenvalue weighted by molar-refractivity contribution is -0.120. The number of hydrogen-bond acceptors (Lipinski definition) is 3. The van der Waals surface area contributed by atoms with Gasteiger partial charge in [0.2, 0.25) is 5.91 Å². The van der Waals surface area contributed by atoms with Gasteiger partial charge in [0.25, 0.3) is 0 Å². The first-order valence-electron chi connectivity index (χ1n) is 5.26. The van der Waals surface area contributed by atoms with Crippen molar-refractivity contribution in [3.8, 4) is 6.07 Å². The lowest BCUT2D eigenvalue weighted by Gasteiger charge is -2.13. The average Bonchev–Trinajstić information content (AvgIpc) is 2.34. The molecule has 0 aliphatic heterocycles. The summed E-state index contributed by atoms with van der Waals surface area (Å²) in [5, 5.41) is 14.5. The van der Waals surface area contributed by atoms with Crippen LogP contribution in [-0.4, -0.2) is 19.0 Å². The number of amides is 1. The van der Waals surface area contributed by atoms with Gasteiger partial charge in [-0.3, -0.25) is 4.79 Å². The Hall–Kier alpha value is -1.57. The van der Waals surface area contributed by atoms with E-state index in [1.54, 1.807) is 0 Å². The minimum Gasteiger partial charge on any atom is -0.342 e. The Morgan fingerprint density at radius 2 is 2.12 bits per heavy atom. The van der Waals surface area contributed by atoms with Gasteiger partial charge in [0, 0.05) is 11.1 Å². The summed E-state index contributed by atoms with van der Waals surface area (Å²) < 4.78 is 0. The summed E-state index contributed by atoms with van der Waals surface area (Å²) in [6.07, 6.45) is 0. The molecule has 0 aliphatic carbocycles. The monoisotopic (exact) mass is 251 g/mol. The van der Waals surface area contributed by atoms with E-state index in [1.165, 1.54) is 0 Å². The Kier molecular flexibility index (Phi) is 5.47. The summed E-state index contributed by atoms with van der Waals surface area (Å²) in [4.78, 5) is 11.2. The third-order valence-corrected chi connectivity index (χ3v) is 2.56. The minimum atomic E-state index is -0.188. The van der Waals surface area contributed by atoms with Gasteiger partial charge in [0.05, 0.1) is 12.6 Å². The van der Waals surface area contributed by atoms with Crippen LogP contribution in [-0.2, 0) is 4.79 Å². The molecule has 0 aromatic heterocycles. The Morgan fingerprint density at radius 1 is 1.47 bits per heavy atom. The molecule has 0 spiro atoms. The van der Waals surface area contributed by atoms with Crippen molar-refractivity contribution in [3.05, 3.63) is 34.9 Å². The molecule has 0 fully saturated rings. The second kappa shape index (κ2) is 6.89. The average molecular weight is 252 g/mol. The number of benzene rings is 1. The maximum Gasteiger partial charge on any atom is 0.234 e. The normalized spacial score (nSPS) is 11.6. The van der Waals surface area contributed by atoms with Crippen molar-refractivity contribution in [1.29, 1.82) is 5.26 Å². The molecule has 1 rings (SSSR count). The van der Waals surface area contributed by atoms with Crippen LogP contribution in [0, 0.1) is 11.3 Å². The van der Waals surface area contributed by atoms with Crippen LogP contribution in [0.2, 0.25) is 5.02 Å². The van der Waals surface area contributed by atoms with Crippen molar-refractivity contribution in [2.45, 2.75) is 13.0 Å². The summed E-state index contributed by atoms with van der Waals surface area (Å²) in [7, 11) is 0. The van der Waals surface area contributed by atoms with Crippen LogP contribution >= 0.6 is 11.6 Å². The van der Waals surface area contributed by atoms with Crippen molar-refractivity contribution in [1.82, 2.24) is 10.6 Å². The molecular weight excluding hydrogens is 238 g/mol. The van der Waals surface area contributed by atoms with Gasteiger partial charge in [-0.15, -0.1) is 0 Å². The van der Waals surface area contributed by atoms with Crippen LogP contribution in [0.25, 0.3) is 0 Å². The van der Waals surface area contributed by atoms with Gasteiger partial charge in [-0.2, -0.15) is 5.26 Å². The quantitative estimate of drug-likeness (QED) is 0.782. The second-order valence-corrected chi connectivity index (χ2v) is 4.03. The van der Waals surface area contributed by atoms with Crippen molar-refractivity contribution in [2.24, 2.45) is 0 Å². The summed E-state index contributed by atoms with van der Waals surface area (Å²) in [5.41, 5.74) is 1.06. The molecule has 0 saturated carbocycles. The Bertz CT molecular complexity index is 411. The first-order chi connectivity index (χ1) is 8.13. The van der Waals surface area contributed by atoms with Gasteiger partial charge in [-0.05, 0) is 24.6 Å². The highest BCUT2D eigenvalue weighted by atomic mass is 35.5. The fraction of sp³-hybridized carbons (Fsp3) is 0.333. The van der Waals surface area contributed by atoms with Gasteiger partial charge in [-0.25, -0.2) is 0 Å². The van der Waals surface area contributed by atoms with E-state index in [9.17, 15) is 4.79 Å². The Labute approximate surface area is 106 Å². The van der Waals surface area contributed by atoms with Gasteiger partial charge < -0.3 is 10.6 Å². The lowest BCUT2D eigenvalue weighted by Crippen LogP contribution is -2.35. The highest BCUT2D eigenvalue weighted by Crippen LogP contribution is 2.15. The molecule has 5 heteroatoms. The zero-order chi connectivity index (χ0) is 12.7. The fourth-order valence-corrected chi connectivity index (χ4v) is 1.44. The molecule has 2 N–H and O–H groups in total. The van der Waals surface area contributed by atoms with E-state index in [0.717, 1.165) is 5.56 Å². The Morgan fingerprint density at radius 3 is 2.71 bits per heavy atom. The molecule has 0 saturated heterocycles. The first-order valence-corrected chi connectivity index (χ1v) is 5.63. The molecule has 4 nitrogen and oxygen atoms in total. The number of carbonyl (C=O) groups excluding carboxylic acids is 1. The number of hydrogen-bond donors (Lipinski definition) is 2. The van der Waals surface area contributed by atoms with E-state index in [2.05, 4.69) is 10.6 Å². The molecule has 0 unspecified atom stereocenters. The molecule has 1 aromatic carbocycles. The molecule has 0 radical (unpaired) electrons. The third-order valence-electron chi connectivity index (χ3n) is 2.30. The Balaban J connectivity index is 2.39. The summed E-state index contributed by atoms with van der Waals surface area (Å²) in [6.45, 7) is 2.18. The maximum absolute atomic E-state index is 11.2. The van der Waals surface area contributed by atoms with Crippen LogP contribution in [0.3, 0.4) is 0 Å². The van der Waals surface area contributed by atoms with Crippen LogP contribution in [0.5, 0.6) is 0 Å². The van der Waals surface area contributed by atoms with Gasteiger partial charge in [0.1, 0.15) is 6.54 Å². The summed E-state index contributed by atoms with van der Waals surface area (Å²) in [5.74, 6) is -0.188. The second-order valence-electron chi connectivity index (χ2n) is 3.59. The van der Waals surface area contributed by atoms with Crippen molar-refractivity contribution in [3.63, 3.8) is 0 Å². The van der Waals surface area contributed by atoms with Crippen LogP contribution < -0.4 is 10.6 Å². The van der Waals surface area contributed by atoms with Crippen LogP contribution in [0.4, 0.5) is 0 Å². The van der Waals surface area contributed by atoms with Crippen LogP contribution in [0.1, 0.15) is 18.5 Å². The van der Waals surface area contributed by atoms with E-state index < -0.39 is 0 Å². The molecular formula is C12H14ClN3O. The van der Waals surface area contributed by atoms with Crippen LogP contribution in [0.15, 0.2) is 24.3 Å². The summed E-state index contributed by atoms with van der Waals surface area (Å²) in [6, 6.07) is 9.35. The van der Waals surface area contributed by atoms with E-state index in [0.29, 0.717) is 5.02 Å². The van der Waals surface area contributed by atoms with Crippen molar-refractivity contribution < 1.29 is 4.79 Å². The molecule has 0 bridgehead atoms. The smallest absolute Gasteiger partial charge is 0.234 e. The minimum absolute atomic E-state index is 0.0375. The van der Waals surface area contributed by atoms with Crippen molar-refractivity contribution in [2.75, 3.05) is 13.1 Å². The summed E-state index contributed by atoms with van der Waals surface area (Å²) >= 11 is 5.79. The first kappa shape index (κ1) is 13.5. The number of halogens is 1. The predicted octanol–water partition coefficient (Wildman–Crippen LogP) is 1.63. The number of nitrogens with zero attached hydrogens (tertiary/aromatic N) is 1. The molecule has 1 amide bonds. The number of rotatable bonds is 5. The molecule has 0 heterocycles. The molecule has 90 valence electrons. The molecule has 1 aromatic rings. The van der Waals surface area contributed by atoms with Gasteiger partial charge in [-0.1, -0.05) is 23.7 Å². The maximum atomic E-state index is 11.2. The zero-order valence-corrected chi connectivity index (χ0v) is 10.3. The molecule has 1 atom stereocenters. The van der Waals surface area contributed by atoms with Gasteiger partial charge >= 0.3 is 0 Å².